The zero-order valence-electron chi connectivity index (χ0n) is 12.1. The van der Waals surface area contributed by atoms with Gasteiger partial charge in [0.1, 0.15) is 9.79 Å². The van der Waals surface area contributed by atoms with Crippen LogP contribution in [-0.2, 0) is 20.2 Å². The van der Waals surface area contributed by atoms with Gasteiger partial charge >= 0.3 is 0 Å². The topological polar surface area (TPSA) is 122 Å². The van der Waals surface area contributed by atoms with Crippen LogP contribution in [0.2, 0.25) is 0 Å². The van der Waals surface area contributed by atoms with E-state index in [2.05, 4.69) is 0 Å². The molecule has 0 bridgehead atoms. The first-order valence-corrected chi connectivity index (χ1v) is 9.29. The molecule has 3 rings (SSSR count). The Labute approximate surface area is 132 Å². The average molecular weight is 356 g/mol. The Kier molecular flexibility index (Phi) is 3.31. The Bertz CT molecular complexity index is 1080. The van der Waals surface area contributed by atoms with Gasteiger partial charge in [0.2, 0.25) is 0 Å². The number of aryl methyl sites for hydroxylation is 2. The molecule has 2 aromatic carbocycles. The number of hydrogen-bond acceptors (Lipinski definition) is 5. The number of benzene rings is 2. The van der Waals surface area contributed by atoms with E-state index in [0.717, 1.165) is 0 Å². The predicted octanol–water partition coefficient (Wildman–Crippen LogP) is 2.70. The van der Waals surface area contributed by atoms with Crippen molar-refractivity contribution in [1.82, 2.24) is 0 Å². The van der Waals surface area contributed by atoms with Crippen molar-refractivity contribution in [1.29, 1.82) is 0 Å². The third-order valence-corrected chi connectivity index (χ3v) is 5.17. The molecule has 0 amide bonds. The van der Waals surface area contributed by atoms with E-state index in [9.17, 15) is 25.9 Å². The van der Waals surface area contributed by atoms with Crippen LogP contribution in [0, 0.1) is 13.8 Å². The number of rotatable bonds is 2. The van der Waals surface area contributed by atoms with E-state index in [4.69, 9.17) is 4.42 Å². The summed E-state index contributed by atoms with van der Waals surface area (Å²) >= 11 is 0. The first-order valence-electron chi connectivity index (χ1n) is 6.41. The van der Waals surface area contributed by atoms with Crippen molar-refractivity contribution in [2.45, 2.75) is 23.6 Å². The Morgan fingerprint density at radius 2 is 1.09 bits per heavy atom. The molecule has 0 fully saturated rings. The van der Waals surface area contributed by atoms with Gasteiger partial charge < -0.3 is 4.42 Å². The normalized spacial score (nSPS) is 13.0. The van der Waals surface area contributed by atoms with E-state index >= 15 is 0 Å². The molecular formula is C14H12O7S2. The zero-order chi connectivity index (χ0) is 17.2. The minimum Gasteiger partial charge on any atom is -0.453 e. The van der Waals surface area contributed by atoms with Crippen LogP contribution in [0.1, 0.15) is 11.1 Å². The molecule has 9 heteroatoms. The molecule has 0 saturated carbocycles. The van der Waals surface area contributed by atoms with E-state index in [-0.39, 0.29) is 11.2 Å². The highest BCUT2D eigenvalue weighted by atomic mass is 32.2. The highest BCUT2D eigenvalue weighted by Gasteiger charge is 2.24. The van der Waals surface area contributed by atoms with E-state index in [1.54, 1.807) is 26.0 Å². The minimum absolute atomic E-state index is 0.163. The van der Waals surface area contributed by atoms with Crippen LogP contribution in [0.25, 0.3) is 21.9 Å². The Hall–Kier alpha value is -1.94. The number of furan rings is 1. The van der Waals surface area contributed by atoms with Crippen molar-refractivity contribution < 1.29 is 30.4 Å². The smallest absolute Gasteiger partial charge is 0.298 e. The second kappa shape index (κ2) is 4.78. The van der Waals surface area contributed by atoms with Gasteiger partial charge in [-0.1, -0.05) is 0 Å². The standard InChI is InChI=1S/C14H12O7S2/c1-7-3-9-10-4-8(2)6-12(23(18,19)20)14(10)21-13(9)11(5-7)22(15,16)17/h3-6H,1-2H3,(H,15,16,17)(H,18,19,20). The van der Waals surface area contributed by atoms with Crippen molar-refractivity contribution in [3.05, 3.63) is 35.4 Å². The lowest BCUT2D eigenvalue weighted by Gasteiger charge is -2.01. The maximum atomic E-state index is 11.6. The predicted molar refractivity (Wildman–Crippen MR) is 82.8 cm³/mol. The van der Waals surface area contributed by atoms with E-state index in [0.29, 0.717) is 21.9 Å². The second-order valence-corrected chi connectivity index (χ2v) is 8.11. The van der Waals surface area contributed by atoms with Gasteiger partial charge in [-0.15, -0.1) is 0 Å². The molecular weight excluding hydrogens is 344 g/mol. The summed E-state index contributed by atoms with van der Waals surface area (Å²) < 4.78 is 70.3. The number of fused-ring (bicyclic) bond motifs is 3. The first-order chi connectivity index (χ1) is 10.5. The molecule has 0 unspecified atom stereocenters. The molecule has 3 aromatic rings. The molecule has 0 radical (unpaired) electrons. The molecule has 23 heavy (non-hydrogen) atoms. The SMILES string of the molecule is Cc1cc(S(=O)(=O)O)c2oc3c(S(=O)(=O)O)cc(C)cc3c2c1. The van der Waals surface area contributed by atoms with Gasteiger partial charge in [0.05, 0.1) is 0 Å². The summed E-state index contributed by atoms with van der Waals surface area (Å²) in [6.07, 6.45) is 0. The molecule has 1 aromatic heterocycles. The first kappa shape index (κ1) is 15.9. The van der Waals surface area contributed by atoms with Crippen molar-refractivity contribution in [2.75, 3.05) is 0 Å². The molecule has 0 atom stereocenters. The summed E-state index contributed by atoms with van der Waals surface area (Å²) in [7, 11) is -9.13. The largest absolute Gasteiger partial charge is 0.453 e. The van der Waals surface area contributed by atoms with Gasteiger partial charge in [0.25, 0.3) is 20.2 Å². The van der Waals surface area contributed by atoms with Crippen LogP contribution in [-0.4, -0.2) is 25.9 Å². The minimum atomic E-state index is -4.56. The molecule has 0 saturated heterocycles. The Morgan fingerprint density at radius 3 is 1.39 bits per heavy atom. The van der Waals surface area contributed by atoms with E-state index in [1.807, 2.05) is 0 Å². The maximum absolute atomic E-state index is 11.6. The molecule has 7 nitrogen and oxygen atoms in total. The highest BCUT2D eigenvalue weighted by molar-refractivity contribution is 7.86. The van der Waals surface area contributed by atoms with Crippen molar-refractivity contribution in [3.8, 4) is 0 Å². The lowest BCUT2D eigenvalue weighted by Crippen LogP contribution is -1.99. The highest BCUT2D eigenvalue weighted by Crippen LogP contribution is 2.37. The third kappa shape index (κ3) is 2.61. The Balaban J connectivity index is 2.64. The van der Waals surface area contributed by atoms with Crippen LogP contribution in [0.3, 0.4) is 0 Å². The number of hydrogen-bond donors (Lipinski definition) is 2. The van der Waals surface area contributed by atoms with Crippen LogP contribution in [0.5, 0.6) is 0 Å². The van der Waals surface area contributed by atoms with Crippen LogP contribution >= 0.6 is 0 Å². The fraction of sp³-hybridized carbons (Fsp3) is 0.143. The molecule has 2 N–H and O–H groups in total. The molecule has 0 aliphatic rings. The lowest BCUT2D eigenvalue weighted by atomic mass is 10.1. The van der Waals surface area contributed by atoms with Gasteiger partial charge in [-0.2, -0.15) is 16.8 Å². The molecule has 1 heterocycles. The molecule has 0 aliphatic heterocycles. The fourth-order valence-corrected chi connectivity index (χ4v) is 4.02. The summed E-state index contributed by atoms with van der Waals surface area (Å²) in [6.45, 7) is 3.26. The molecule has 0 aliphatic carbocycles. The fourth-order valence-electron chi connectivity index (χ4n) is 2.58. The van der Waals surface area contributed by atoms with Crippen molar-refractivity contribution in [3.63, 3.8) is 0 Å². The summed E-state index contributed by atoms with van der Waals surface area (Å²) in [5.41, 5.74) is 0.762. The van der Waals surface area contributed by atoms with Crippen LogP contribution < -0.4 is 0 Å². The monoisotopic (exact) mass is 356 g/mol. The van der Waals surface area contributed by atoms with Crippen molar-refractivity contribution in [2.24, 2.45) is 0 Å². The Morgan fingerprint density at radius 1 is 0.739 bits per heavy atom. The third-order valence-electron chi connectivity index (χ3n) is 3.45. The van der Waals surface area contributed by atoms with Gasteiger partial charge in [-0.3, -0.25) is 9.11 Å². The second-order valence-electron chi connectivity index (χ2n) is 5.33. The summed E-state index contributed by atoms with van der Waals surface area (Å²) in [5, 5.41) is 0.669. The van der Waals surface area contributed by atoms with E-state index < -0.39 is 30.0 Å². The van der Waals surface area contributed by atoms with Crippen molar-refractivity contribution >= 4 is 42.2 Å². The van der Waals surface area contributed by atoms with Gasteiger partial charge in [0, 0.05) is 10.8 Å². The summed E-state index contributed by atoms with van der Waals surface area (Å²) in [4.78, 5) is -0.912. The lowest BCUT2D eigenvalue weighted by molar-refractivity contribution is 0.482. The van der Waals surface area contributed by atoms with Gasteiger partial charge in [-0.25, -0.2) is 0 Å². The zero-order valence-corrected chi connectivity index (χ0v) is 13.7. The van der Waals surface area contributed by atoms with Crippen LogP contribution in [0.4, 0.5) is 0 Å². The van der Waals surface area contributed by atoms with Crippen LogP contribution in [0.15, 0.2) is 38.5 Å². The summed E-state index contributed by atoms with van der Waals surface area (Å²) in [6, 6.07) is 5.67. The quantitative estimate of drug-likeness (QED) is 0.677. The average Bonchev–Trinajstić information content (AvgIpc) is 2.73. The molecule has 0 spiro atoms. The maximum Gasteiger partial charge on any atom is 0.298 e. The molecule has 122 valence electrons. The van der Waals surface area contributed by atoms with Gasteiger partial charge in [0.15, 0.2) is 11.2 Å². The van der Waals surface area contributed by atoms with E-state index in [1.165, 1.54) is 12.1 Å². The summed E-state index contributed by atoms with van der Waals surface area (Å²) in [5.74, 6) is 0. The van der Waals surface area contributed by atoms with Gasteiger partial charge in [-0.05, 0) is 49.2 Å².